The van der Waals surface area contributed by atoms with E-state index in [9.17, 15) is 0 Å². The van der Waals surface area contributed by atoms with Crippen molar-refractivity contribution in [2.75, 3.05) is 19.0 Å². The third-order valence-electron chi connectivity index (χ3n) is 5.79. The number of halogens is 1. The minimum Gasteiger partial charge on any atom is -0.376 e. The van der Waals surface area contributed by atoms with E-state index in [4.69, 9.17) is 4.98 Å². The molecule has 0 atom stereocenters. The minimum atomic E-state index is -0.478. The molecule has 2 N–H and O–H groups in total. The van der Waals surface area contributed by atoms with Crippen molar-refractivity contribution in [3.8, 4) is 33.9 Å². The van der Waals surface area contributed by atoms with E-state index in [1.165, 1.54) is 0 Å². The zero-order valence-electron chi connectivity index (χ0n) is 18.4. The Morgan fingerprint density at radius 1 is 0.882 bits per heavy atom. The number of H-pyrrole nitrogens is 2. The molecule has 0 aliphatic heterocycles. The molecule has 0 saturated carbocycles. The highest BCUT2D eigenvalue weighted by molar-refractivity contribution is 5.98. The molecular formula is C25H19FN8. The van der Waals surface area contributed by atoms with Gasteiger partial charge in [-0.25, -0.2) is 9.37 Å². The van der Waals surface area contributed by atoms with Crippen LogP contribution in [0.25, 0.3) is 55.8 Å². The first-order chi connectivity index (χ1) is 16.6. The van der Waals surface area contributed by atoms with E-state index in [0.29, 0.717) is 28.0 Å². The summed E-state index contributed by atoms with van der Waals surface area (Å²) in [5.74, 6) is -0.00672. The average molecular weight is 450 g/mol. The van der Waals surface area contributed by atoms with Crippen LogP contribution in [-0.4, -0.2) is 49.2 Å². The van der Waals surface area contributed by atoms with Gasteiger partial charge in [-0.1, -0.05) is 12.1 Å². The molecule has 0 radical (unpaired) electrons. The first-order valence-electron chi connectivity index (χ1n) is 10.6. The molecule has 0 bridgehead atoms. The summed E-state index contributed by atoms with van der Waals surface area (Å²) in [6, 6.07) is 11.6. The molecule has 6 aromatic rings. The van der Waals surface area contributed by atoms with Gasteiger partial charge in [0.05, 0.1) is 40.0 Å². The van der Waals surface area contributed by atoms with Crippen LogP contribution in [0.2, 0.25) is 0 Å². The standard InChI is InChI=1S/C25H19FN8/c1-34(2)16-10-15(11-28-12-16)22-21(26)20-19(13-29-22)32-33-24(20)25-30-18-5-3-4-17(23(18)31-25)14-6-8-27-9-7-14/h3-13H,1-2H3,(H,30,31)(H,32,33). The number of fused-ring (bicyclic) bond motifs is 2. The first-order valence-corrected chi connectivity index (χ1v) is 10.6. The largest absolute Gasteiger partial charge is 0.376 e. The van der Waals surface area contributed by atoms with Gasteiger partial charge in [0.2, 0.25) is 0 Å². The second kappa shape index (κ2) is 7.73. The Morgan fingerprint density at radius 3 is 2.56 bits per heavy atom. The van der Waals surface area contributed by atoms with Crippen molar-refractivity contribution in [1.29, 1.82) is 0 Å². The van der Waals surface area contributed by atoms with Gasteiger partial charge in [-0.15, -0.1) is 0 Å². The van der Waals surface area contributed by atoms with Gasteiger partial charge in [-0.05, 0) is 29.8 Å². The second-order valence-corrected chi connectivity index (χ2v) is 8.13. The fourth-order valence-electron chi connectivity index (χ4n) is 4.06. The number of nitrogens with one attached hydrogen (secondary N) is 2. The van der Waals surface area contributed by atoms with Gasteiger partial charge in [0, 0.05) is 43.8 Å². The van der Waals surface area contributed by atoms with E-state index >= 15 is 4.39 Å². The Morgan fingerprint density at radius 2 is 1.74 bits per heavy atom. The highest BCUT2D eigenvalue weighted by Gasteiger charge is 2.21. The number of benzene rings is 1. The number of pyridine rings is 3. The summed E-state index contributed by atoms with van der Waals surface area (Å²) in [5.41, 5.74) is 6.09. The Labute approximate surface area is 193 Å². The van der Waals surface area contributed by atoms with Gasteiger partial charge in [-0.3, -0.25) is 20.1 Å². The molecule has 0 saturated heterocycles. The lowest BCUT2D eigenvalue weighted by molar-refractivity contribution is 0.638. The lowest BCUT2D eigenvalue weighted by Gasteiger charge is -2.13. The molecule has 0 aliphatic carbocycles. The quantitative estimate of drug-likeness (QED) is 0.399. The molecule has 5 heterocycles. The van der Waals surface area contributed by atoms with E-state index in [1.54, 1.807) is 31.0 Å². The maximum atomic E-state index is 15.9. The summed E-state index contributed by atoms with van der Waals surface area (Å²) < 4.78 is 15.9. The Balaban J connectivity index is 1.52. The van der Waals surface area contributed by atoms with Crippen molar-refractivity contribution in [2.45, 2.75) is 0 Å². The topological polar surface area (TPSA) is 99.3 Å². The van der Waals surface area contributed by atoms with Crippen LogP contribution in [0, 0.1) is 5.82 Å². The van der Waals surface area contributed by atoms with Gasteiger partial charge in [-0.2, -0.15) is 5.10 Å². The third-order valence-corrected chi connectivity index (χ3v) is 5.79. The van der Waals surface area contributed by atoms with Crippen molar-refractivity contribution in [3.63, 3.8) is 0 Å². The predicted octanol–water partition coefficient (Wildman–Crippen LogP) is 4.83. The number of anilines is 1. The molecule has 1 aromatic carbocycles. The molecule has 0 aliphatic rings. The summed E-state index contributed by atoms with van der Waals surface area (Å²) in [7, 11) is 3.81. The van der Waals surface area contributed by atoms with Gasteiger partial charge in [0.25, 0.3) is 0 Å². The normalized spacial score (nSPS) is 11.4. The number of rotatable bonds is 4. The van der Waals surface area contributed by atoms with Gasteiger partial charge in [0.15, 0.2) is 11.6 Å². The number of nitrogens with zero attached hydrogens (tertiary/aromatic N) is 6. The predicted molar refractivity (Wildman–Crippen MR) is 130 cm³/mol. The Hall–Kier alpha value is -4.66. The lowest BCUT2D eigenvalue weighted by Crippen LogP contribution is -2.09. The molecule has 166 valence electrons. The van der Waals surface area contributed by atoms with Crippen molar-refractivity contribution in [3.05, 3.63) is 73.2 Å². The maximum Gasteiger partial charge on any atom is 0.161 e. The van der Waals surface area contributed by atoms with Crippen LogP contribution in [0.5, 0.6) is 0 Å². The molecule has 0 spiro atoms. The Bertz CT molecular complexity index is 1650. The number of aromatic nitrogens is 7. The first kappa shape index (κ1) is 20.0. The van der Waals surface area contributed by atoms with E-state index < -0.39 is 5.82 Å². The Kier molecular flexibility index (Phi) is 4.54. The molecular weight excluding hydrogens is 431 g/mol. The van der Waals surface area contributed by atoms with Crippen LogP contribution >= 0.6 is 0 Å². The zero-order valence-corrected chi connectivity index (χ0v) is 18.4. The molecule has 34 heavy (non-hydrogen) atoms. The summed E-state index contributed by atoms with van der Waals surface area (Å²) in [6.07, 6.45) is 8.39. The molecule has 0 fully saturated rings. The summed E-state index contributed by atoms with van der Waals surface area (Å²) >= 11 is 0. The lowest BCUT2D eigenvalue weighted by atomic mass is 10.1. The second-order valence-electron chi connectivity index (χ2n) is 8.13. The van der Waals surface area contributed by atoms with E-state index in [2.05, 4.69) is 30.1 Å². The molecule has 6 rings (SSSR count). The third kappa shape index (κ3) is 3.17. The number of aromatic amines is 2. The minimum absolute atomic E-state index is 0.208. The van der Waals surface area contributed by atoms with Crippen LogP contribution in [0.1, 0.15) is 0 Å². The summed E-state index contributed by atoms with van der Waals surface area (Å²) in [5, 5.41) is 7.58. The fourth-order valence-corrected chi connectivity index (χ4v) is 4.06. The van der Waals surface area contributed by atoms with Gasteiger partial charge < -0.3 is 9.88 Å². The SMILES string of the molecule is CN(C)c1cncc(-c2ncc3[nH]nc(-c4nc5c(-c6ccncc6)cccc5[nH]4)c3c2F)c1. The van der Waals surface area contributed by atoms with Gasteiger partial charge in [0.1, 0.15) is 11.4 Å². The van der Waals surface area contributed by atoms with Crippen molar-refractivity contribution >= 4 is 27.6 Å². The van der Waals surface area contributed by atoms with Crippen molar-refractivity contribution in [2.24, 2.45) is 0 Å². The van der Waals surface area contributed by atoms with E-state index in [1.807, 2.05) is 55.4 Å². The van der Waals surface area contributed by atoms with Gasteiger partial charge >= 0.3 is 0 Å². The number of hydrogen-bond donors (Lipinski definition) is 2. The monoisotopic (exact) mass is 450 g/mol. The molecule has 8 nitrogen and oxygen atoms in total. The van der Waals surface area contributed by atoms with Crippen LogP contribution in [0.3, 0.4) is 0 Å². The summed E-state index contributed by atoms with van der Waals surface area (Å²) in [6.45, 7) is 0. The number of para-hydroxylation sites is 1. The van der Waals surface area contributed by atoms with Crippen LogP contribution in [-0.2, 0) is 0 Å². The molecule has 0 unspecified atom stereocenters. The number of imidazole rings is 1. The molecule has 9 heteroatoms. The van der Waals surface area contributed by atoms with E-state index in [0.717, 1.165) is 27.8 Å². The van der Waals surface area contributed by atoms with Crippen LogP contribution < -0.4 is 4.90 Å². The zero-order chi connectivity index (χ0) is 23.2. The highest BCUT2D eigenvalue weighted by Crippen LogP contribution is 2.34. The fraction of sp³-hybridized carbons (Fsp3) is 0.0800. The highest BCUT2D eigenvalue weighted by atomic mass is 19.1. The smallest absolute Gasteiger partial charge is 0.161 e. The van der Waals surface area contributed by atoms with Crippen molar-refractivity contribution in [1.82, 2.24) is 35.1 Å². The summed E-state index contributed by atoms with van der Waals surface area (Å²) in [4.78, 5) is 22.7. The van der Waals surface area contributed by atoms with Crippen LogP contribution in [0.15, 0.2) is 67.4 Å². The average Bonchev–Trinajstić information content (AvgIpc) is 3.49. The number of hydrogen-bond acceptors (Lipinski definition) is 6. The molecule has 0 amide bonds. The molecule has 5 aromatic heterocycles. The van der Waals surface area contributed by atoms with Crippen molar-refractivity contribution < 1.29 is 4.39 Å². The maximum absolute atomic E-state index is 15.9. The van der Waals surface area contributed by atoms with E-state index in [-0.39, 0.29) is 5.69 Å². The van der Waals surface area contributed by atoms with Crippen LogP contribution in [0.4, 0.5) is 10.1 Å².